The Morgan fingerprint density at radius 2 is 1.96 bits per heavy atom. The first-order chi connectivity index (χ1) is 12.9. The topological polar surface area (TPSA) is 111 Å². The van der Waals surface area contributed by atoms with Crippen molar-refractivity contribution in [2.45, 2.75) is 45.2 Å². The molecule has 1 aliphatic rings. The Morgan fingerprint density at radius 1 is 1.22 bits per heavy atom. The van der Waals surface area contributed by atoms with E-state index in [1.807, 2.05) is 43.0 Å². The fourth-order valence-corrected chi connectivity index (χ4v) is 3.15. The first-order valence-electron chi connectivity index (χ1n) is 9.30. The van der Waals surface area contributed by atoms with E-state index in [0.29, 0.717) is 25.1 Å². The number of urea groups is 1. The molecule has 1 fully saturated rings. The molecule has 0 saturated heterocycles. The van der Waals surface area contributed by atoms with Crippen LogP contribution in [0, 0.1) is 0 Å². The third kappa shape index (κ3) is 6.56. The summed E-state index contributed by atoms with van der Waals surface area (Å²) < 4.78 is 0. The number of likely N-dealkylation sites (N-methyl/N-ethyl adjacent to an activating group) is 1. The summed E-state index contributed by atoms with van der Waals surface area (Å²) in [4.78, 5) is 36.6. The van der Waals surface area contributed by atoms with Crippen molar-refractivity contribution in [1.82, 2.24) is 15.5 Å². The van der Waals surface area contributed by atoms with E-state index in [1.165, 1.54) is 0 Å². The molecule has 0 radical (unpaired) electrons. The van der Waals surface area contributed by atoms with Crippen LogP contribution in [0.1, 0.15) is 32.3 Å². The van der Waals surface area contributed by atoms with Crippen LogP contribution in [0.2, 0.25) is 0 Å². The molecule has 3 amide bonds. The molecule has 0 unspecified atom stereocenters. The maximum absolute atomic E-state index is 12.0. The average Bonchev–Trinajstić information content (AvgIpc) is 2.61. The fraction of sp³-hybridized carbons (Fsp3) is 0.526. The van der Waals surface area contributed by atoms with Gasteiger partial charge in [0.25, 0.3) is 0 Å². The number of carboxylic acid groups (broad SMARTS) is 1. The number of hydrogen-bond donors (Lipinski definition) is 4. The third-order valence-corrected chi connectivity index (χ3v) is 4.74. The highest BCUT2D eigenvalue weighted by atomic mass is 16.4. The van der Waals surface area contributed by atoms with Gasteiger partial charge in [-0.25, -0.2) is 4.79 Å². The first-order valence-corrected chi connectivity index (χ1v) is 9.30. The van der Waals surface area contributed by atoms with Crippen LogP contribution >= 0.6 is 0 Å². The largest absolute Gasteiger partial charge is 0.480 e. The summed E-state index contributed by atoms with van der Waals surface area (Å²) in [6.07, 6.45) is 2.31. The second-order valence-corrected chi connectivity index (χ2v) is 6.71. The zero-order chi connectivity index (χ0) is 19.8. The van der Waals surface area contributed by atoms with Gasteiger partial charge in [-0.2, -0.15) is 0 Å². The van der Waals surface area contributed by atoms with Crippen molar-refractivity contribution >= 4 is 23.6 Å². The van der Waals surface area contributed by atoms with E-state index < -0.39 is 12.0 Å². The maximum Gasteiger partial charge on any atom is 0.317 e. The quantitative estimate of drug-likeness (QED) is 0.521. The molecule has 27 heavy (non-hydrogen) atoms. The predicted octanol–water partition coefficient (Wildman–Crippen LogP) is 1.42. The summed E-state index contributed by atoms with van der Waals surface area (Å²) in [6, 6.07) is 7.37. The molecule has 8 nitrogen and oxygen atoms in total. The van der Waals surface area contributed by atoms with Gasteiger partial charge >= 0.3 is 12.0 Å². The Hall–Kier alpha value is -2.61. The second-order valence-electron chi connectivity index (χ2n) is 6.71. The Morgan fingerprint density at radius 3 is 2.59 bits per heavy atom. The molecule has 0 spiro atoms. The summed E-state index contributed by atoms with van der Waals surface area (Å²) in [7, 11) is 0. The maximum atomic E-state index is 12.0. The first kappa shape index (κ1) is 20.7. The van der Waals surface area contributed by atoms with Gasteiger partial charge in [-0.1, -0.05) is 26.0 Å². The summed E-state index contributed by atoms with van der Waals surface area (Å²) in [6.45, 7) is 4.53. The monoisotopic (exact) mass is 376 g/mol. The van der Waals surface area contributed by atoms with Crippen molar-refractivity contribution in [3.8, 4) is 0 Å². The third-order valence-electron chi connectivity index (χ3n) is 4.74. The van der Waals surface area contributed by atoms with E-state index in [-0.39, 0.29) is 31.1 Å². The van der Waals surface area contributed by atoms with Gasteiger partial charge in [-0.3, -0.25) is 14.5 Å². The minimum absolute atomic E-state index is 0.00198. The van der Waals surface area contributed by atoms with E-state index in [9.17, 15) is 14.4 Å². The van der Waals surface area contributed by atoms with Crippen molar-refractivity contribution < 1.29 is 19.5 Å². The molecule has 8 heteroatoms. The zero-order valence-corrected chi connectivity index (χ0v) is 15.8. The summed E-state index contributed by atoms with van der Waals surface area (Å²) >= 11 is 0. The van der Waals surface area contributed by atoms with E-state index in [4.69, 9.17) is 5.11 Å². The van der Waals surface area contributed by atoms with Crippen LogP contribution in [0.15, 0.2) is 24.3 Å². The number of hydrogen-bond acceptors (Lipinski definition) is 4. The number of carbonyl (C=O) groups is 3. The predicted molar refractivity (Wildman–Crippen MR) is 103 cm³/mol. The van der Waals surface area contributed by atoms with Crippen molar-refractivity contribution in [3.63, 3.8) is 0 Å². The van der Waals surface area contributed by atoms with Crippen LogP contribution in [-0.2, 0) is 16.0 Å². The molecule has 148 valence electrons. The molecule has 0 atom stereocenters. The Labute approximate surface area is 159 Å². The fourth-order valence-electron chi connectivity index (χ4n) is 3.15. The van der Waals surface area contributed by atoms with Gasteiger partial charge in [0.2, 0.25) is 5.91 Å². The number of benzene rings is 1. The highest BCUT2D eigenvalue weighted by Crippen LogP contribution is 2.25. The molecule has 0 aliphatic heterocycles. The van der Waals surface area contributed by atoms with Gasteiger partial charge in [0.15, 0.2) is 0 Å². The summed E-state index contributed by atoms with van der Waals surface area (Å²) in [5.74, 6) is -1.13. The minimum atomic E-state index is -0.846. The van der Waals surface area contributed by atoms with E-state index in [1.54, 1.807) is 0 Å². The van der Waals surface area contributed by atoms with Gasteiger partial charge in [-0.15, -0.1) is 0 Å². The number of aryl methyl sites for hydroxylation is 1. The van der Waals surface area contributed by atoms with Crippen LogP contribution in [0.5, 0.6) is 0 Å². The van der Waals surface area contributed by atoms with E-state index in [2.05, 4.69) is 16.0 Å². The number of nitrogens with zero attached hydrogens (tertiary/aromatic N) is 1. The molecule has 1 aromatic rings. The lowest BCUT2D eigenvalue weighted by Crippen LogP contribution is -2.56. The number of rotatable bonds is 9. The lowest BCUT2D eigenvalue weighted by Gasteiger charge is -2.42. The average molecular weight is 376 g/mol. The number of carbonyl (C=O) groups excluding carboxylic acids is 2. The molecular weight excluding hydrogens is 348 g/mol. The standard InChI is InChI=1S/C19H28N4O4/c1-3-13-6-5-7-14(8-13)21-17(24)11-20-19(27)22-15-9-16(10-15)23(4-2)12-18(25)26/h5-8,15-16H,3-4,9-12H2,1-2H3,(H,21,24)(H,25,26)(H2,20,22,27). The molecule has 4 N–H and O–H groups in total. The molecular formula is C19H28N4O4. The van der Waals surface area contributed by atoms with Crippen molar-refractivity contribution in [3.05, 3.63) is 29.8 Å². The van der Waals surface area contributed by atoms with Gasteiger partial charge in [0.05, 0.1) is 13.1 Å². The normalized spacial score (nSPS) is 18.5. The van der Waals surface area contributed by atoms with Gasteiger partial charge in [0.1, 0.15) is 0 Å². The van der Waals surface area contributed by atoms with Crippen LogP contribution < -0.4 is 16.0 Å². The molecule has 1 saturated carbocycles. The summed E-state index contributed by atoms with van der Waals surface area (Å²) in [5, 5.41) is 17.0. The molecule has 0 aromatic heterocycles. The Bertz CT molecular complexity index is 673. The minimum Gasteiger partial charge on any atom is -0.480 e. The van der Waals surface area contributed by atoms with Crippen LogP contribution in [-0.4, -0.2) is 59.6 Å². The van der Waals surface area contributed by atoms with Crippen molar-refractivity contribution in [2.75, 3.05) is 25.0 Å². The molecule has 0 heterocycles. The van der Waals surface area contributed by atoms with Crippen molar-refractivity contribution in [1.29, 1.82) is 0 Å². The second kappa shape index (κ2) is 9.91. The highest BCUT2D eigenvalue weighted by Gasteiger charge is 2.34. The van der Waals surface area contributed by atoms with Gasteiger partial charge < -0.3 is 21.1 Å². The lowest BCUT2D eigenvalue weighted by molar-refractivity contribution is -0.139. The number of nitrogens with one attached hydrogen (secondary N) is 3. The zero-order valence-electron chi connectivity index (χ0n) is 15.8. The smallest absolute Gasteiger partial charge is 0.317 e. The number of amides is 3. The highest BCUT2D eigenvalue weighted by molar-refractivity contribution is 5.94. The SMILES string of the molecule is CCc1cccc(NC(=O)CNC(=O)NC2CC(N(CC)CC(=O)O)C2)c1. The molecule has 1 aliphatic carbocycles. The van der Waals surface area contributed by atoms with Gasteiger partial charge in [0, 0.05) is 17.8 Å². The molecule has 0 bridgehead atoms. The number of aliphatic carboxylic acids is 1. The number of carboxylic acids is 1. The van der Waals surface area contributed by atoms with Crippen molar-refractivity contribution in [2.24, 2.45) is 0 Å². The molecule has 1 aromatic carbocycles. The van der Waals surface area contributed by atoms with Crippen LogP contribution in [0.3, 0.4) is 0 Å². The Balaban J connectivity index is 1.66. The van der Waals surface area contributed by atoms with E-state index in [0.717, 1.165) is 12.0 Å². The van der Waals surface area contributed by atoms with Crippen LogP contribution in [0.4, 0.5) is 10.5 Å². The lowest BCUT2D eigenvalue weighted by atomic mass is 9.85. The molecule has 2 rings (SSSR count). The van der Waals surface area contributed by atoms with Crippen LogP contribution in [0.25, 0.3) is 0 Å². The Kier molecular flexibility index (Phi) is 7.60. The van der Waals surface area contributed by atoms with E-state index >= 15 is 0 Å². The summed E-state index contributed by atoms with van der Waals surface area (Å²) in [5.41, 5.74) is 1.84. The number of anilines is 1. The van der Waals surface area contributed by atoms with Gasteiger partial charge in [-0.05, 0) is 43.5 Å².